The van der Waals surface area contributed by atoms with Crippen LogP contribution in [0.4, 0.5) is 5.69 Å². The fourth-order valence-electron chi connectivity index (χ4n) is 2.65. The largest absolute Gasteiger partial charge is 0.508 e. The van der Waals surface area contributed by atoms with Crippen molar-refractivity contribution in [1.29, 1.82) is 0 Å². The Labute approximate surface area is 167 Å². The van der Waals surface area contributed by atoms with Crippen LogP contribution in [0.5, 0.6) is 5.75 Å². The highest BCUT2D eigenvalue weighted by Crippen LogP contribution is 2.37. The van der Waals surface area contributed by atoms with Crippen LogP contribution in [0.3, 0.4) is 0 Å². The number of hydrogen-bond donors (Lipinski definition) is 3. The molecular formula is C19H18N4O3S2. The van der Waals surface area contributed by atoms with Crippen LogP contribution >= 0.6 is 11.8 Å². The molecule has 1 heterocycles. The number of nitrogens with zero attached hydrogens (tertiary/aromatic N) is 2. The lowest BCUT2D eigenvalue weighted by Crippen LogP contribution is -2.14. The molecular weight excluding hydrogens is 396 g/mol. The van der Waals surface area contributed by atoms with E-state index in [1.165, 1.54) is 42.4 Å². The van der Waals surface area contributed by atoms with Gasteiger partial charge in [-0.2, -0.15) is 5.10 Å². The maximum atomic E-state index is 12.8. The van der Waals surface area contributed by atoms with Crippen LogP contribution in [0.1, 0.15) is 16.7 Å². The van der Waals surface area contributed by atoms with Crippen molar-refractivity contribution in [2.75, 3.05) is 4.72 Å². The highest BCUT2D eigenvalue weighted by atomic mass is 32.2. The zero-order valence-electron chi connectivity index (χ0n) is 15.0. The monoisotopic (exact) mass is 414 g/mol. The van der Waals surface area contributed by atoms with Crippen molar-refractivity contribution < 1.29 is 13.5 Å². The minimum Gasteiger partial charge on any atom is -0.508 e. The number of hydrogen-bond acceptors (Lipinski definition) is 6. The molecule has 9 heteroatoms. The Kier molecular flexibility index (Phi) is 5.57. The normalized spacial score (nSPS) is 11.2. The summed E-state index contributed by atoms with van der Waals surface area (Å²) >= 11 is 1.33. The Morgan fingerprint density at radius 3 is 2.43 bits per heavy atom. The first kappa shape index (κ1) is 19.7. The van der Waals surface area contributed by atoms with Crippen LogP contribution in [-0.2, 0) is 10.0 Å². The summed E-state index contributed by atoms with van der Waals surface area (Å²) in [5, 5.41) is 16.6. The van der Waals surface area contributed by atoms with Crippen molar-refractivity contribution >= 4 is 39.6 Å². The molecule has 0 saturated heterocycles. The molecule has 0 aliphatic carbocycles. The summed E-state index contributed by atoms with van der Waals surface area (Å²) in [5.74, 6) is -0.0132. The topological polar surface area (TPSA) is 108 Å². The van der Waals surface area contributed by atoms with Gasteiger partial charge in [0.2, 0.25) is 0 Å². The molecule has 0 unspecified atom stereocenters. The third-order valence-electron chi connectivity index (χ3n) is 4.03. The van der Waals surface area contributed by atoms with Gasteiger partial charge < -0.3 is 5.11 Å². The molecule has 0 spiro atoms. The number of sulfonamides is 1. The number of benzene rings is 2. The van der Waals surface area contributed by atoms with E-state index in [1.54, 1.807) is 18.2 Å². The smallest absolute Gasteiger partial charge is 0.261 e. The van der Waals surface area contributed by atoms with Crippen LogP contribution in [0.15, 0.2) is 64.8 Å². The van der Waals surface area contributed by atoms with Gasteiger partial charge in [-0.05, 0) is 60.1 Å². The Hall–Kier alpha value is -3.04. The van der Waals surface area contributed by atoms with E-state index in [-0.39, 0.29) is 10.6 Å². The van der Waals surface area contributed by atoms with E-state index < -0.39 is 10.0 Å². The Bertz CT molecular complexity index is 1120. The van der Waals surface area contributed by atoms with Crippen LogP contribution in [0, 0.1) is 6.92 Å². The van der Waals surface area contributed by atoms with E-state index in [1.807, 2.05) is 6.92 Å². The summed E-state index contributed by atoms with van der Waals surface area (Å²) < 4.78 is 28.2. The lowest BCUT2D eigenvalue weighted by atomic mass is 10.00. The SMILES string of the molecule is C=Cc1c(NS(=O)(=O)c2ccc(O)cc2)cc(Sc2ncn[nH]2)c(C)c1C=C. The first-order valence-electron chi connectivity index (χ1n) is 8.13. The molecule has 3 N–H and O–H groups in total. The quantitative estimate of drug-likeness (QED) is 0.538. The van der Waals surface area contributed by atoms with Crippen molar-refractivity contribution in [2.24, 2.45) is 0 Å². The summed E-state index contributed by atoms with van der Waals surface area (Å²) in [5.41, 5.74) is 2.67. The summed E-state index contributed by atoms with van der Waals surface area (Å²) in [4.78, 5) is 4.92. The minimum atomic E-state index is -3.87. The molecule has 0 bridgehead atoms. The van der Waals surface area contributed by atoms with Gasteiger partial charge in [0.15, 0.2) is 5.16 Å². The summed E-state index contributed by atoms with van der Waals surface area (Å²) in [6.07, 6.45) is 4.65. The maximum Gasteiger partial charge on any atom is 0.261 e. The number of H-pyrrole nitrogens is 1. The standard InChI is InChI=1S/C19H18N4O3S2/c1-4-15-12(3)18(27-19-20-11-21-22-19)10-17(16(15)5-2)23-28(25,26)14-8-6-13(24)7-9-14/h4-11,23-24H,1-2H2,3H3,(H,20,21,22). The zero-order chi connectivity index (χ0) is 20.3. The molecule has 1 aromatic heterocycles. The molecule has 28 heavy (non-hydrogen) atoms. The zero-order valence-corrected chi connectivity index (χ0v) is 16.6. The van der Waals surface area contributed by atoms with E-state index >= 15 is 0 Å². The fraction of sp³-hybridized carbons (Fsp3) is 0.0526. The Morgan fingerprint density at radius 2 is 1.86 bits per heavy atom. The second-order valence-corrected chi connectivity index (χ2v) is 8.49. The van der Waals surface area contributed by atoms with Crippen LogP contribution < -0.4 is 4.72 Å². The van der Waals surface area contributed by atoms with Crippen molar-refractivity contribution in [1.82, 2.24) is 15.2 Å². The van der Waals surface area contributed by atoms with Crippen LogP contribution in [0.25, 0.3) is 12.2 Å². The first-order chi connectivity index (χ1) is 13.4. The molecule has 7 nitrogen and oxygen atoms in total. The summed E-state index contributed by atoms with van der Waals surface area (Å²) in [6, 6.07) is 7.03. The number of phenols is 1. The molecule has 0 radical (unpaired) electrons. The maximum absolute atomic E-state index is 12.8. The number of phenolic OH excluding ortho intramolecular Hbond substituents is 1. The summed E-state index contributed by atoms with van der Waals surface area (Å²) in [7, 11) is -3.87. The van der Waals surface area contributed by atoms with Gasteiger partial charge in [-0.1, -0.05) is 25.3 Å². The predicted molar refractivity (Wildman–Crippen MR) is 111 cm³/mol. The second-order valence-electron chi connectivity index (χ2n) is 5.77. The number of nitrogens with one attached hydrogen (secondary N) is 2. The van der Waals surface area contributed by atoms with E-state index in [0.29, 0.717) is 16.4 Å². The third kappa shape index (κ3) is 3.95. The van der Waals surface area contributed by atoms with E-state index in [4.69, 9.17) is 0 Å². The number of aromatic nitrogens is 3. The number of rotatable bonds is 7. The van der Waals surface area contributed by atoms with Gasteiger partial charge in [0.25, 0.3) is 10.0 Å². The average molecular weight is 415 g/mol. The van der Waals surface area contributed by atoms with Gasteiger partial charge >= 0.3 is 0 Å². The Balaban J connectivity index is 2.09. The van der Waals surface area contributed by atoms with Gasteiger partial charge in [0, 0.05) is 10.5 Å². The highest BCUT2D eigenvalue weighted by Gasteiger charge is 2.19. The van der Waals surface area contributed by atoms with Crippen molar-refractivity contribution in [3.63, 3.8) is 0 Å². The van der Waals surface area contributed by atoms with Crippen molar-refractivity contribution in [3.05, 3.63) is 66.5 Å². The van der Waals surface area contributed by atoms with Gasteiger partial charge in [-0.3, -0.25) is 9.82 Å². The number of aromatic hydroxyl groups is 1. The number of aromatic amines is 1. The van der Waals surface area contributed by atoms with Crippen LogP contribution in [0.2, 0.25) is 0 Å². The molecule has 144 valence electrons. The molecule has 0 aliphatic rings. The fourth-order valence-corrected chi connectivity index (χ4v) is 4.56. The molecule has 0 aliphatic heterocycles. The molecule has 2 aromatic carbocycles. The van der Waals surface area contributed by atoms with E-state index in [0.717, 1.165) is 16.0 Å². The first-order valence-corrected chi connectivity index (χ1v) is 10.4. The van der Waals surface area contributed by atoms with Gasteiger partial charge in [-0.25, -0.2) is 13.4 Å². The lowest BCUT2D eigenvalue weighted by Gasteiger charge is -2.17. The second kappa shape index (κ2) is 7.91. The molecule has 0 fully saturated rings. The predicted octanol–water partition coefficient (Wildman–Crippen LogP) is 4.06. The summed E-state index contributed by atoms with van der Waals surface area (Å²) in [6.45, 7) is 9.57. The van der Waals surface area contributed by atoms with Crippen molar-refractivity contribution in [3.8, 4) is 5.75 Å². The molecule has 3 aromatic rings. The van der Waals surface area contributed by atoms with Crippen molar-refractivity contribution in [2.45, 2.75) is 21.9 Å². The Morgan fingerprint density at radius 1 is 1.18 bits per heavy atom. The molecule has 0 amide bonds. The van der Waals surface area contributed by atoms with Gasteiger partial charge in [0.1, 0.15) is 12.1 Å². The van der Waals surface area contributed by atoms with Gasteiger partial charge in [0.05, 0.1) is 10.6 Å². The lowest BCUT2D eigenvalue weighted by molar-refractivity contribution is 0.475. The molecule has 0 atom stereocenters. The van der Waals surface area contributed by atoms with E-state index in [2.05, 4.69) is 33.1 Å². The number of anilines is 1. The van der Waals surface area contributed by atoms with Crippen LogP contribution in [-0.4, -0.2) is 28.7 Å². The van der Waals surface area contributed by atoms with E-state index in [9.17, 15) is 13.5 Å². The minimum absolute atomic E-state index is 0.0132. The van der Waals surface area contributed by atoms with Gasteiger partial charge in [-0.15, -0.1) is 0 Å². The molecule has 0 saturated carbocycles. The third-order valence-corrected chi connectivity index (χ3v) is 6.44. The average Bonchev–Trinajstić information content (AvgIpc) is 3.17. The highest BCUT2D eigenvalue weighted by molar-refractivity contribution is 7.99. The molecule has 3 rings (SSSR count).